The molecule has 0 radical (unpaired) electrons. The van der Waals surface area contributed by atoms with Crippen LogP contribution < -0.4 is 5.32 Å². The summed E-state index contributed by atoms with van der Waals surface area (Å²) in [6.07, 6.45) is 0. The summed E-state index contributed by atoms with van der Waals surface area (Å²) >= 11 is 3.58. The number of hydrogen-bond acceptors (Lipinski definition) is 1. The van der Waals surface area contributed by atoms with Crippen LogP contribution in [0.5, 0.6) is 0 Å². The van der Waals surface area contributed by atoms with Crippen molar-refractivity contribution in [1.29, 1.82) is 0 Å². The SMILES string of the molecule is Cc1ccc(NC(=O)c2ccc(C(C)(C)C)c(Br)c2)cc1C. The number of benzene rings is 2. The Morgan fingerprint density at radius 2 is 1.68 bits per heavy atom. The Labute approximate surface area is 141 Å². The molecule has 0 aliphatic rings. The Kier molecular flexibility index (Phi) is 4.76. The molecule has 0 aliphatic heterocycles. The van der Waals surface area contributed by atoms with Crippen LogP contribution >= 0.6 is 15.9 Å². The zero-order chi connectivity index (χ0) is 16.5. The van der Waals surface area contributed by atoms with Crippen LogP contribution in [0.1, 0.15) is 47.8 Å². The monoisotopic (exact) mass is 359 g/mol. The van der Waals surface area contributed by atoms with Gasteiger partial charge in [0, 0.05) is 15.7 Å². The molecule has 0 spiro atoms. The lowest BCUT2D eigenvalue weighted by Crippen LogP contribution is -2.15. The lowest BCUT2D eigenvalue weighted by molar-refractivity contribution is 0.102. The topological polar surface area (TPSA) is 29.1 Å². The summed E-state index contributed by atoms with van der Waals surface area (Å²) in [5.41, 5.74) is 5.09. The third kappa shape index (κ3) is 3.77. The zero-order valence-electron chi connectivity index (χ0n) is 13.8. The van der Waals surface area contributed by atoms with Crippen molar-refractivity contribution in [1.82, 2.24) is 0 Å². The second-order valence-corrected chi connectivity index (χ2v) is 7.55. The van der Waals surface area contributed by atoms with Crippen molar-refractivity contribution < 1.29 is 4.79 Å². The van der Waals surface area contributed by atoms with Crippen LogP contribution in [-0.4, -0.2) is 5.91 Å². The van der Waals surface area contributed by atoms with Crippen molar-refractivity contribution in [2.24, 2.45) is 0 Å². The van der Waals surface area contributed by atoms with E-state index in [-0.39, 0.29) is 11.3 Å². The van der Waals surface area contributed by atoms with Crippen molar-refractivity contribution in [3.8, 4) is 0 Å². The lowest BCUT2D eigenvalue weighted by atomic mass is 9.86. The standard InChI is InChI=1S/C19H22BrNO/c1-12-6-8-15(10-13(12)2)21-18(22)14-7-9-16(17(20)11-14)19(3,4)5/h6-11H,1-5H3,(H,21,22). The summed E-state index contributed by atoms with van der Waals surface area (Å²) in [6.45, 7) is 10.6. The third-order valence-electron chi connectivity index (χ3n) is 3.80. The molecule has 0 heterocycles. The average Bonchev–Trinajstić information content (AvgIpc) is 2.41. The third-order valence-corrected chi connectivity index (χ3v) is 4.46. The fourth-order valence-electron chi connectivity index (χ4n) is 2.29. The molecule has 1 amide bonds. The Bertz CT molecular complexity index is 714. The number of amides is 1. The summed E-state index contributed by atoms with van der Waals surface area (Å²) in [4.78, 5) is 12.4. The average molecular weight is 360 g/mol. The van der Waals surface area contributed by atoms with Gasteiger partial charge in [0.1, 0.15) is 0 Å². The molecule has 2 rings (SSSR count). The van der Waals surface area contributed by atoms with Crippen molar-refractivity contribution in [2.45, 2.75) is 40.0 Å². The van der Waals surface area contributed by atoms with Gasteiger partial charge in [0.2, 0.25) is 0 Å². The fraction of sp³-hybridized carbons (Fsp3) is 0.316. The van der Waals surface area contributed by atoms with Gasteiger partial charge < -0.3 is 5.32 Å². The van der Waals surface area contributed by atoms with Gasteiger partial charge in [-0.2, -0.15) is 0 Å². The molecule has 0 unspecified atom stereocenters. The maximum Gasteiger partial charge on any atom is 0.255 e. The summed E-state index contributed by atoms with van der Waals surface area (Å²) in [5, 5.41) is 2.95. The van der Waals surface area contributed by atoms with E-state index < -0.39 is 0 Å². The first-order chi connectivity index (χ1) is 10.2. The van der Waals surface area contributed by atoms with E-state index in [1.807, 2.05) is 43.3 Å². The molecule has 0 saturated carbocycles. The molecule has 0 aliphatic carbocycles. The minimum atomic E-state index is -0.0931. The van der Waals surface area contributed by atoms with Crippen molar-refractivity contribution in [2.75, 3.05) is 5.32 Å². The second kappa shape index (κ2) is 6.25. The van der Waals surface area contributed by atoms with Gasteiger partial charge in [-0.1, -0.05) is 48.8 Å². The number of aryl methyl sites for hydroxylation is 2. The number of hydrogen-bond donors (Lipinski definition) is 1. The van der Waals surface area contributed by atoms with Gasteiger partial charge in [-0.3, -0.25) is 4.79 Å². The van der Waals surface area contributed by atoms with Crippen molar-refractivity contribution >= 4 is 27.5 Å². The number of nitrogens with one attached hydrogen (secondary N) is 1. The van der Waals surface area contributed by atoms with E-state index in [0.717, 1.165) is 10.2 Å². The fourth-order valence-corrected chi connectivity index (χ4v) is 3.26. The zero-order valence-corrected chi connectivity index (χ0v) is 15.3. The van der Waals surface area contributed by atoms with Crippen LogP contribution in [0.15, 0.2) is 40.9 Å². The molecule has 2 aromatic rings. The number of anilines is 1. The van der Waals surface area contributed by atoms with E-state index in [4.69, 9.17) is 0 Å². The largest absolute Gasteiger partial charge is 0.322 e. The molecular formula is C19H22BrNO. The normalized spacial score (nSPS) is 11.4. The molecule has 1 N–H and O–H groups in total. The van der Waals surface area contributed by atoms with Crippen LogP contribution in [0.2, 0.25) is 0 Å². The highest BCUT2D eigenvalue weighted by Crippen LogP contribution is 2.30. The van der Waals surface area contributed by atoms with Crippen LogP contribution in [-0.2, 0) is 5.41 Å². The maximum absolute atomic E-state index is 12.4. The predicted octanol–water partition coefficient (Wildman–Crippen LogP) is 5.62. The van der Waals surface area contributed by atoms with Gasteiger partial charge in [-0.15, -0.1) is 0 Å². The van der Waals surface area contributed by atoms with Gasteiger partial charge in [-0.25, -0.2) is 0 Å². The van der Waals surface area contributed by atoms with Crippen LogP contribution in [0.3, 0.4) is 0 Å². The van der Waals surface area contributed by atoms with Crippen LogP contribution in [0, 0.1) is 13.8 Å². The number of carbonyl (C=O) groups is 1. The van der Waals surface area contributed by atoms with E-state index in [9.17, 15) is 4.79 Å². The number of carbonyl (C=O) groups excluding carboxylic acids is 1. The van der Waals surface area contributed by atoms with E-state index >= 15 is 0 Å². The van der Waals surface area contributed by atoms with E-state index in [0.29, 0.717) is 5.56 Å². The molecule has 0 bridgehead atoms. The van der Waals surface area contributed by atoms with Crippen molar-refractivity contribution in [3.63, 3.8) is 0 Å². The molecule has 2 aromatic carbocycles. The smallest absolute Gasteiger partial charge is 0.255 e. The van der Waals surface area contributed by atoms with Crippen LogP contribution in [0.25, 0.3) is 0 Å². The highest BCUT2D eigenvalue weighted by Gasteiger charge is 2.18. The number of halogens is 1. The predicted molar refractivity (Wildman–Crippen MR) is 96.7 cm³/mol. The maximum atomic E-state index is 12.4. The first kappa shape index (κ1) is 16.8. The van der Waals surface area contributed by atoms with Gasteiger partial charge in [-0.05, 0) is 60.2 Å². The van der Waals surface area contributed by atoms with E-state index in [1.54, 1.807) is 0 Å². The quantitative estimate of drug-likeness (QED) is 0.740. The highest BCUT2D eigenvalue weighted by molar-refractivity contribution is 9.10. The minimum Gasteiger partial charge on any atom is -0.322 e. The minimum absolute atomic E-state index is 0.0436. The van der Waals surface area contributed by atoms with E-state index in [2.05, 4.69) is 48.9 Å². The first-order valence-electron chi connectivity index (χ1n) is 7.37. The molecule has 0 aromatic heterocycles. The van der Waals surface area contributed by atoms with Gasteiger partial charge in [0.15, 0.2) is 0 Å². The molecule has 0 saturated heterocycles. The van der Waals surface area contributed by atoms with Crippen LogP contribution in [0.4, 0.5) is 5.69 Å². The lowest BCUT2D eigenvalue weighted by Gasteiger charge is -2.21. The Morgan fingerprint density at radius 3 is 2.23 bits per heavy atom. The molecule has 3 heteroatoms. The Hall–Kier alpha value is -1.61. The Morgan fingerprint density at radius 1 is 1.00 bits per heavy atom. The molecule has 116 valence electrons. The summed E-state index contributed by atoms with van der Waals surface area (Å²) in [7, 11) is 0. The van der Waals surface area contributed by atoms with Gasteiger partial charge in [0.25, 0.3) is 5.91 Å². The Balaban J connectivity index is 2.23. The van der Waals surface area contributed by atoms with Gasteiger partial charge >= 0.3 is 0 Å². The summed E-state index contributed by atoms with van der Waals surface area (Å²) in [5.74, 6) is -0.0931. The highest BCUT2D eigenvalue weighted by atomic mass is 79.9. The van der Waals surface area contributed by atoms with Crippen molar-refractivity contribution in [3.05, 3.63) is 63.1 Å². The molecule has 2 nitrogen and oxygen atoms in total. The molecule has 22 heavy (non-hydrogen) atoms. The van der Waals surface area contributed by atoms with Gasteiger partial charge in [0.05, 0.1) is 0 Å². The molecule has 0 fully saturated rings. The first-order valence-corrected chi connectivity index (χ1v) is 8.16. The molecular weight excluding hydrogens is 338 g/mol. The van der Waals surface area contributed by atoms with E-state index in [1.165, 1.54) is 16.7 Å². The number of rotatable bonds is 2. The summed E-state index contributed by atoms with van der Waals surface area (Å²) < 4.78 is 0.965. The summed E-state index contributed by atoms with van der Waals surface area (Å²) in [6, 6.07) is 11.7. The second-order valence-electron chi connectivity index (χ2n) is 6.70. The molecule has 0 atom stereocenters.